The SMILES string of the molecule is CC(O)(CCNC(=O)C12CC(C(=O)O)(CO1)C2)C1CCCCC1. The summed E-state index contributed by atoms with van der Waals surface area (Å²) in [5.41, 5.74) is -2.56. The highest BCUT2D eigenvalue weighted by molar-refractivity contribution is 5.92. The van der Waals surface area contributed by atoms with Gasteiger partial charge in [-0.25, -0.2) is 0 Å². The smallest absolute Gasteiger partial charge is 0.312 e. The van der Waals surface area contributed by atoms with Crippen LogP contribution < -0.4 is 5.32 Å². The van der Waals surface area contributed by atoms with E-state index in [4.69, 9.17) is 4.74 Å². The molecule has 6 nitrogen and oxygen atoms in total. The summed E-state index contributed by atoms with van der Waals surface area (Å²) in [6, 6.07) is 0. The van der Waals surface area contributed by atoms with E-state index in [0.29, 0.717) is 18.9 Å². The van der Waals surface area contributed by atoms with E-state index < -0.39 is 22.6 Å². The molecule has 2 aliphatic heterocycles. The van der Waals surface area contributed by atoms with Crippen molar-refractivity contribution in [3.8, 4) is 0 Å². The third kappa shape index (κ3) is 2.87. The van der Waals surface area contributed by atoms with Crippen molar-refractivity contribution < 1.29 is 24.5 Å². The quantitative estimate of drug-likeness (QED) is 0.687. The normalized spacial score (nSPS) is 36.1. The van der Waals surface area contributed by atoms with Crippen LogP contribution in [0.15, 0.2) is 0 Å². The lowest BCUT2D eigenvalue weighted by atomic mass is 9.62. The van der Waals surface area contributed by atoms with Crippen molar-refractivity contribution in [1.82, 2.24) is 5.32 Å². The lowest BCUT2D eigenvalue weighted by molar-refractivity contribution is -0.158. The molecule has 0 spiro atoms. The molecule has 1 amide bonds. The van der Waals surface area contributed by atoms with Crippen molar-refractivity contribution in [2.45, 2.75) is 69.5 Å². The Morgan fingerprint density at radius 2 is 1.91 bits per heavy atom. The van der Waals surface area contributed by atoms with E-state index in [1.807, 2.05) is 6.92 Å². The van der Waals surface area contributed by atoms with Gasteiger partial charge in [-0.1, -0.05) is 19.3 Å². The van der Waals surface area contributed by atoms with Gasteiger partial charge in [0.15, 0.2) is 0 Å². The third-order valence-corrected chi connectivity index (χ3v) is 6.14. The second-order valence-corrected chi connectivity index (χ2v) is 7.92. The van der Waals surface area contributed by atoms with Crippen molar-refractivity contribution in [2.75, 3.05) is 13.2 Å². The number of aliphatic hydroxyl groups is 1. The van der Waals surface area contributed by atoms with Crippen LogP contribution in [0.3, 0.4) is 0 Å². The number of rotatable bonds is 6. The Kier molecular flexibility index (Phi) is 4.17. The number of ether oxygens (including phenoxy) is 1. The minimum Gasteiger partial charge on any atom is -0.481 e. The zero-order valence-electron chi connectivity index (χ0n) is 13.8. The highest BCUT2D eigenvalue weighted by Gasteiger charge is 2.70. The van der Waals surface area contributed by atoms with Crippen LogP contribution in [0.5, 0.6) is 0 Å². The minimum absolute atomic E-state index is 0.121. The largest absolute Gasteiger partial charge is 0.481 e. The Hall–Kier alpha value is -1.14. The van der Waals surface area contributed by atoms with Gasteiger partial charge in [-0.2, -0.15) is 0 Å². The van der Waals surface area contributed by atoms with E-state index in [1.165, 1.54) is 19.3 Å². The maximum atomic E-state index is 12.3. The van der Waals surface area contributed by atoms with E-state index in [0.717, 1.165) is 12.8 Å². The number of nitrogens with one attached hydrogen (secondary N) is 1. The molecule has 130 valence electrons. The first-order valence-corrected chi connectivity index (χ1v) is 8.68. The highest BCUT2D eigenvalue weighted by atomic mass is 16.5. The Labute approximate surface area is 136 Å². The fraction of sp³-hybridized carbons (Fsp3) is 0.882. The first-order chi connectivity index (χ1) is 10.8. The van der Waals surface area contributed by atoms with Crippen LogP contribution >= 0.6 is 0 Å². The van der Waals surface area contributed by atoms with Crippen molar-refractivity contribution in [3.05, 3.63) is 0 Å². The zero-order valence-corrected chi connectivity index (χ0v) is 13.8. The molecule has 4 fully saturated rings. The van der Waals surface area contributed by atoms with Crippen LogP contribution in [0.2, 0.25) is 0 Å². The summed E-state index contributed by atoms with van der Waals surface area (Å²) < 4.78 is 5.48. The summed E-state index contributed by atoms with van der Waals surface area (Å²) in [6.07, 6.45) is 6.73. The molecule has 1 unspecified atom stereocenters. The van der Waals surface area contributed by atoms with Gasteiger partial charge in [0.05, 0.1) is 17.6 Å². The number of carboxylic acids is 1. The minimum atomic E-state index is -0.949. The summed E-state index contributed by atoms with van der Waals surface area (Å²) >= 11 is 0. The van der Waals surface area contributed by atoms with Crippen molar-refractivity contribution in [3.63, 3.8) is 0 Å². The topological polar surface area (TPSA) is 95.9 Å². The number of carbonyl (C=O) groups excluding carboxylic acids is 1. The molecule has 4 rings (SSSR count). The number of hydrogen-bond donors (Lipinski definition) is 3. The van der Waals surface area contributed by atoms with Crippen LogP contribution in [0, 0.1) is 11.3 Å². The number of fused-ring (bicyclic) bond motifs is 1. The molecule has 3 N–H and O–H groups in total. The summed E-state index contributed by atoms with van der Waals surface area (Å²) in [6.45, 7) is 2.38. The molecular formula is C17H27NO5. The Bertz CT molecular complexity index is 489. The van der Waals surface area contributed by atoms with E-state index >= 15 is 0 Å². The van der Waals surface area contributed by atoms with Gasteiger partial charge in [-0.3, -0.25) is 9.59 Å². The van der Waals surface area contributed by atoms with Crippen LogP contribution in [-0.2, 0) is 14.3 Å². The number of amides is 1. The molecule has 2 aliphatic carbocycles. The van der Waals surface area contributed by atoms with E-state index in [1.54, 1.807) is 0 Å². The van der Waals surface area contributed by atoms with E-state index in [9.17, 15) is 19.8 Å². The number of hydrogen-bond acceptors (Lipinski definition) is 4. The fourth-order valence-corrected chi connectivity index (χ4v) is 4.48. The van der Waals surface area contributed by atoms with Gasteiger partial charge in [0.25, 0.3) is 5.91 Å². The number of carbonyl (C=O) groups is 2. The Morgan fingerprint density at radius 1 is 1.26 bits per heavy atom. The van der Waals surface area contributed by atoms with Crippen LogP contribution in [0.1, 0.15) is 58.3 Å². The van der Waals surface area contributed by atoms with Crippen molar-refractivity contribution in [1.29, 1.82) is 0 Å². The van der Waals surface area contributed by atoms with Crippen LogP contribution in [0.25, 0.3) is 0 Å². The molecule has 0 aromatic carbocycles. The van der Waals surface area contributed by atoms with Gasteiger partial charge in [-0.15, -0.1) is 0 Å². The summed E-state index contributed by atoms with van der Waals surface area (Å²) in [5, 5.41) is 22.7. The fourth-order valence-electron chi connectivity index (χ4n) is 4.48. The van der Waals surface area contributed by atoms with Gasteiger partial charge in [0.1, 0.15) is 5.60 Å². The molecule has 1 atom stereocenters. The molecule has 2 saturated heterocycles. The average molecular weight is 325 g/mol. The maximum Gasteiger partial charge on any atom is 0.312 e. The lowest BCUT2D eigenvalue weighted by Crippen LogP contribution is -2.57. The highest BCUT2D eigenvalue weighted by Crippen LogP contribution is 2.58. The molecule has 0 aromatic heterocycles. The van der Waals surface area contributed by atoms with Gasteiger partial charge in [0, 0.05) is 19.4 Å². The molecular weight excluding hydrogens is 298 g/mol. The monoisotopic (exact) mass is 325 g/mol. The Balaban J connectivity index is 1.46. The van der Waals surface area contributed by atoms with Crippen LogP contribution in [0.4, 0.5) is 0 Å². The average Bonchev–Trinajstić information content (AvgIpc) is 3.05. The zero-order chi connectivity index (χ0) is 16.7. The van der Waals surface area contributed by atoms with Crippen molar-refractivity contribution >= 4 is 11.9 Å². The van der Waals surface area contributed by atoms with Gasteiger partial charge < -0.3 is 20.3 Å². The molecule has 6 heteroatoms. The van der Waals surface area contributed by atoms with Gasteiger partial charge >= 0.3 is 5.97 Å². The molecule has 4 aliphatic rings. The standard InChI is InChI=1S/C17H27NO5/c1-15(22,12-5-3-2-4-6-12)7-8-18-13(19)17-9-16(10-17,11-23-17)14(20)21/h12,22H,2-11H2,1H3,(H,18,19)(H,20,21). The second-order valence-electron chi connectivity index (χ2n) is 7.92. The van der Waals surface area contributed by atoms with Gasteiger partial charge in [0.2, 0.25) is 0 Å². The number of carboxylic acid groups (broad SMARTS) is 1. The Morgan fingerprint density at radius 3 is 2.48 bits per heavy atom. The molecule has 0 radical (unpaired) electrons. The molecule has 2 bridgehead atoms. The maximum absolute atomic E-state index is 12.3. The lowest BCUT2D eigenvalue weighted by Gasteiger charge is -2.40. The van der Waals surface area contributed by atoms with E-state index in [2.05, 4.69) is 5.32 Å². The summed E-state index contributed by atoms with van der Waals surface area (Å²) in [5.74, 6) is -0.803. The molecule has 0 aromatic rings. The molecule has 2 heterocycles. The van der Waals surface area contributed by atoms with E-state index in [-0.39, 0.29) is 25.4 Å². The second kappa shape index (κ2) is 5.74. The first-order valence-electron chi connectivity index (χ1n) is 8.68. The number of aliphatic carboxylic acids is 1. The van der Waals surface area contributed by atoms with Gasteiger partial charge in [-0.05, 0) is 32.1 Å². The summed E-state index contributed by atoms with van der Waals surface area (Å²) in [4.78, 5) is 23.5. The third-order valence-electron chi connectivity index (χ3n) is 6.14. The predicted octanol–water partition coefficient (Wildman–Crippen LogP) is 1.46. The van der Waals surface area contributed by atoms with Crippen molar-refractivity contribution in [2.24, 2.45) is 11.3 Å². The van der Waals surface area contributed by atoms with Crippen LogP contribution in [-0.4, -0.2) is 46.4 Å². The molecule has 2 saturated carbocycles. The summed E-state index contributed by atoms with van der Waals surface area (Å²) in [7, 11) is 0. The first kappa shape index (κ1) is 16.7. The molecule has 23 heavy (non-hydrogen) atoms. The predicted molar refractivity (Wildman–Crippen MR) is 82.8 cm³/mol.